The Bertz CT molecular complexity index is 1390. The molecule has 0 atom stereocenters. The van der Waals surface area contributed by atoms with Crippen LogP contribution in [0.2, 0.25) is 10.0 Å². The van der Waals surface area contributed by atoms with Crippen molar-refractivity contribution in [1.29, 1.82) is 0 Å². The third-order valence-electron chi connectivity index (χ3n) is 5.24. The predicted octanol–water partition coefficient (Wildman–Crippen LogP) is 6.08. The summed E-state index contributed by atoms with van der Waals surface area (Å²) in [5, 5.41) is 3.53. The van der Waals surface area contributed by atoms with Gasteiger partial charge < -0.3 is 10.1 Å². The number of ether oxygens (including phenoxy) is 1. The monoisotopic (exact) mass is 540 g/mol. The van der Waals surface area contributed by atoms with Crippen LogP contribution in [0.4, 0.5) is 5.69 Å². The minimum absolute atomic E-state index is 0.0486. The molecule has 0 bridgehead atoms. The van der Waals surface area contributed by atoms with Gasteiger partial charge in [0.1, 0.15) is 5.75 Å². The highest BCUT2D eigenvalue weighted by Gasteiger charge is 2.19. The highest BCUT2D eigenvalue weighted by atomic mass is 35.5. The molecule has 2 N–H and O–H groups in total. The summed E-state index contributed by atoms with van der Waals surface area (Å²) in [6.45, 7) is -0.301. The van der Waals surface area contributed by atoms with Crippen LogP contribution in [0.15, 0.2) is 108 Å². The Kier molecular flexibility index (Phi) is 8.15. The van der Waals surface area contributed by atoms with E-state index in [4.69, 9.17) is 27.9 Å². The molecule has 0 heterocycles. The third-order valence-corrected chi connectivity index (χ3v) is 7.17. The molecular formula is C27H22Cl2N2O4S. The van der Waals surface area contributed by atoms with E-state index in [-0.39, 0.29) is 34.2 Å². The summed E-state index contributed by atoms with van der Waals surface area (Å²) < 4.78 is 33.5. The van der Waals surface area contributed by atoms with Crippen molar-refractivity contribution in [2.45, 2.75) is 10.9 Å². The van der Waals surface area contributed by atoms with Crippen molar-refractivity contribution >= 4 is 44.8 Å². The van der Waals surface area contributed by atoms with Gasteiger partial charge in [-0.25, -0.2) is 8.42 Å². The van der Waals surface area contributed by atoms with Gasteiger partial charge in [0.05, 0.1) is 16.0 Å². The summed E-state index contributed by atoms with van der Waals surface area (Å²) in [5.74, 6) is -0.168. The lowest BCUT2D eigenvalue weighted by Gasteiger charge is -2.20. The summed E-state index contributed by atoms with van der Waals surface area (Å²) in [6, 6.07) is 29.1. The average molecular weight is 541 g/mol. The zero-order valence-electron chi connectivity index (χ0n) is 18.9. The number of nitrogens with one attached hydrogen (secondary N) is 2. The number of carbonyl (C=O) groups excluding carboxylic acids is 1. The first-order chi connectivity index (χ1) is 17.3. The van der Waals surface area contributed by atoms with Gasteiger partial charge in [-0.1, -0.05) is 83.9 Å². The lowest BCUT2D eigenvalue weighted by atomic mass is 9.99. The van der Waals surface area contributed by atoms with Gasteiger partial charge in [0.15, 0.2) is 6.61 Å². The van der Waals surface area contributed by atoms with Crippen LogP contribution in [0, 0.1) is 0 Å². The summed E-state index contributed by atoms with van der Waals surface area (Å²) in [5.41, 5.74) is 2.22. The van der Waals surface area contributed by atoms with Crippen molar-refractivity contribution in [2.75, 3.05) is 11.3 Å². The molecule has 0 unspecified atom stereocenters. The molecule has 36 heavy (non-hydrogen) atoms. The summed E-state index contributed by atoms with van der Waals surface area (Å²) >= 11 is 12.1. The highest BCUT2D eigenvalue weighted by molar-refractivity contribution is 7.92. The lowest BCUT2D eigenvalue weighted by Crippen LogP contribution is -2.33. The number of benzene rings is 4. The van der Waals surface area contributed by atoms with Crippen molar-refractivity contribution in [2.24, 2.45) is 0 Å². The van der Waals surface area contributed by atoms with Crippen molar-refractivity contribution in [3.8, 4) is 5.75 Å². The molecule has 0 saturated heterocycles. The molecule has 0 aliphatic heterocycles. The fourth-order valence-electron chi connectivity index (χ4n) is 3.49. The maximum Gasteiger partial charge on any atom is 0.261 e. The number of hydrogen-bond donors (Lipinski definition) is 2. The largest absolute Gasteiger partial charge is 0.482 e. The van der Waals surface area contributed by atoms with E-state index in [2.05, 4.69) is 10.0 Å². The van der Waals surface area contributed by atoms with Crippen molar-refractivity contribution in [3.05, 3.63) is 124 Å². The molecule has 0 aliphatic carbocycles. The SMILES string of the molecule is O=C(COc1ccc(S(=O)(=O)Nc2ccc(Cl)cc2)cc1Cl)NC(c1ccccc1)c1ccccc1. The van der Waals surface area contributed by atoms with E-state index in [1.165, 1.54) is 18.2 Å². The topological polar surface area (TPSA) is 84.5 Å². The van der Waals surface area contributed by atoms with E-state index in [1.807, 2.05) is 60.7 Å². The zero-order chi connectivity index (χ0) is 25.5. The Morgan fingerprint density at radius 3 is 1.94 bits per heavy atom. The Morgan fingerprint density at radius 2 is 1.39 bits per heavy atom. The van der Waals surface area contributed by atoms with E-state index in [9.17, 15) is 13.2 Å². The molecule has 9 heteroatoms. The van der Waals surface area contributed by atoms with Crippen LogP contribution in [0.1, 0.15) is 17.2 Å². The molecule has 0 saturated carbocycles. The molecule has 4 rings (SSSR count). The molecule has 0 fully saturated rings. The highest BCUT2D eigenvalue weighted by Crippen LogP contribution is 2.29. The molecule has 0 radical (unpaired) electrons. The number of halogens is 2. The third kappa shape index (κ3) is 6.57. The number of rotatable bonds is 9. The van der Waals surface area contributed by atoms with Crippen molar-refractivity contribution in [1.82, 2.24) is 5.32 Å². The maximum absolute atomic E-state index is 12.7. The Balaban J connectivity index is 1.42. The van der Waals surface area contributed by atoms with Gasteiger partial charge in [-0.15, -0.1) is 0 Å². The quantitative estimate of drug-likeness (QED) is 0.269. The van der Waals surface area contributed by atoms with E-state index < -0.39 is 10.0 Å². The Labute approximate surface area is 219 Å². The number of sulfonamides is 1. The van der Waals surface area contributed by atoms with Crippen LogP contribution in [-0.2, 0) is 14.8 Å². The van der Waals surface area contributed by atoms with Gasteiger partial charge in [0, 0.05) is 10.7 Å². The summed E-state index contributed by atoms with van der Waals surface area (Å²) in [6.07, 6.45) is 0. The van der Waals surface area contributed by atoms with Gasteiger partial charge in [-0.3, -0.25) is 9.52 Å². The minimum atomic E-state index is -3.89. The second kappa shape index (κ2) is 11.5. The van der Waals surface area contributed by atoms with Crippen LogP contribution in [0.5, 0.6) is 5.75 Å². The van der Waals surface area contributed by atoms with E-state index in [0.29, 0.717) is 10.7 Å². The summed E-state index contributed by atoms with van der Waals surface area (Å²) in [7, 11) is -3.89. The molecule has 0 aromatic heterocycles. The van der Waals surface area contributed by atoms with Crippen molar-refractivity contribution < 1.29 is 17.9 Å². The second-order valence-corrected chi connectivity index (χ2v) is 10.3. The summed E-state index contributed by atoms with van der Waals surface area (Å²) in [4.78, 5) is 12.7. The fraction of sp³-hybridized carbons (Fsp3) is 0.0741. The number of hydrogen-bond acceptors (Lipinski definition) is 4. The minimum Gasteiger partial charge on any atom is -0.482 e. The van der Waals surface area contributed by atoms with Crippen LogP contribution in [0.25, 0.3) is 0 Å². The molecule has 1 amide bonds. The smallest absolute Gasteiger partial charge is 0.261 e. The van der Waals surface area contributed by atoms with Crippen LogP contribution in [0.3, 0.4) is 0 Å². The van der Waals surface area contributed by atoms with Gasteiger partial charge in [-0.2, -0.15) is 0 Å². The number of carbonyl (C=O) groups is 1. The normalized spacial score (nSPS) is 11.2. The molecule has 6 nitrogen and oxygen atoms in total. The van der Waals surface area contributed by atoms with E-state index >= 15 is 0 Å². The van der Waals surface area contributed by atoms with Crippen LogP contribution >= 0.6 is 23.2 Å². The zero-order valence-corrected chi connectivity index (χ0v) is 21.2. The van der Waals surface area contributed by atoms with Crippen LogP contribution < -0.4 is 14.8 Å². The molecule has 0 aliphatic rings. The molecule has 4 aromatic carbocycles. The number of amides is 1. The standard InChI is InChI=1S/C27H22Cl2N2O4S/c28-21-11-13-22(14-12-21)31-36(33,34)23-15-16-25(24(29)17-23)35-18-26(32)30-27(19-7-3-1-4-8-19)20-9-5-2-6-10-20/h1-17,27,31H,18H2,(H,30,32). The first kappa shape index (κ1) is 25.6. The fourth-order valence-corrected chi connectivity index (χ4v) is 5.00. The second-order valence-electron chi connectivity index (χ2n) is 7.82. The van der Waals surface area contributed by atoms with Crippen molar-refractivity contribution in [3.63, 3.8) is 0 Å². The van der Waals surface area contributed by atoms with Gasteiger partial charge in [0.2, 0.25) is 0 Å². The molecule has 184 valence electrons. The first-order valence-corrected chi connectivity index (χ1v) is 13.2. The predicted molar refractivity (Wildman–Crippen MR) is 142 cm³/mol. The lowest BCUT2D eigenvalue weighted by molar-refractivity contribution is -0.123. The van der Waals surface area contributed by atoms with Gasteiger partial charge in [-0.05, 0) is 53.6 Å². The van der Waals surface area contributed by atoms with Gasteiger partial charge >= 0.3 is 0 Å². The Morgan fingerprint density at radius 1 is 0.806 bits per heavy atom. The van der Waals surface area contributed by atoms with E-state index in [0.717, 1.165) is 11.1 Å². The van der Waals surface area contributed by atoms with Gasteiger partial charge in [0.25, 0.3) is 15.9 Å². The molecule has 0 spiro atoms. The Hall–Kier alpha value is -3.52. The number of anilines is 1. The molecule has 4 aromatic rings. The van der Waals surface area contributed by atoms with Crippen LogP contribution in [-0.4, -0.2) is 20.9 Å². The first-order valence-electron chi connectivity index (χ1n) is 10.9. The maximum atomic E-state index is 12.7. The van der Waals surface area contributed by atoms with E-state index in [1.54, 1.807) is 24.3 Å². The molecular weight excluding hydrogens is 519 g/mol. The average Bonchev–Trinajstić information content (AvgIpc) is 2.89.